The molecule has 0 saturated heterocycles. The highest BCUT2D eigenvalue weighted by Crippen LogP contribution is 2.05. The summed E-state index contributed by atoms with van der Waals surface area (Å²) in [5.41, 5.74) is 6.22. The predicted molar refractivity (Wildman–Crippen MR) is 67.9 cm³/mol. The predicted octanol–water partition coefficient (Wildman–Crippen LogP) is 0.934. The standard InChI is InChI=1S/C12H19N3O2/c1-3-5-10(13)12(17)14-9-6-7-11(16)15(4-2)8-9/h6-8,10H,3-5,13H2,1-2H3,(H,14,17)/t10-/m0/s1. The quantitative estimate of drug-likeness (QED) is 0.800. The molecule has 0 radical (unpaired) electrons. The van der Waals surface area contributed by atoms with Crippen LogP contribution >= 0.6 is 0 Å². The molecule has 0 aromatic carbocycles. The fourth-order valence-corrected chi connectivity index (χ4v) is 1.53. The van der Waals surface area contributed by atoms with Gasteiger partial charge in [-0.1, -0.05) is 13.3 Å². The summed E-state index contributed by atoms with van der Waals surface area (Å²) >= 11 is 0. The van der Waals surface area contributed by atoms with E-state index >= 15 is 0 Å². The molecule has 94 valence electrons. The van der Waals surface area contributed by atoms with Crippen LogP contribution in [0.5, 0.6) is 0 Å². The molecule has 1 atom stereocenters. The minimum atomic E-state index is -0.498. The highest BCUT2D eigenvalue weighted by Gasteiger charge is 2.12. The first-order valence-electron chi connectivity index (χ1n) is 5.85. The molecular weight excluding hydrogens is 218 g/mol. The van der Waals surface area contributed by atoms with Crippen molar-refractivity contribution in [1.29, 1.82) is 0 Å². The molecular formula is C12H19N3O2. The van der Waals surface area contributed by atoms with Crippen molar-refractivity contribution in [3.63, 3.8) is 0 Å². The summed E-state index contributed by atoms with van der Waals surface area (Å²) in [5, 5.41) is 2.70. The number of aryl methyl sites for hydroxylation is 1. The molecule has 0 saturated carbocycles. The fraction of sp³-hybridized carbons (Fsp3) is 0.500. The molecule has 0 spiro atoms. The second kappa shape index (κ2) is 6.20. The molecule has 0 aliphatic carbocycles. The van der Waals surface area contributed by atoms with Gasteiger partial charge in [-0.05, 0) is 19.4 Å². The normalized spacial score (nSPS) is 12.2. The average Bonchev–Trinajstić information content (AvgIpc) is 2.31. The van der Waals surface area contributed by atoms with E-state index in [1.54, 1.807) is 12.3 Å². The van der Waals surface area contributed by atoms with E-state index in [9.17, 15) is 9.59 Å². The Morgan fingerprint density at radius 2 is 2.18 bits per heavy atom. The van der Waals surface area contributed by atoms with Gasteiger partial charge in [0.05, 0.1) is 11.7 Å². The largest absolute Gasteiger partial charge is 0.323 e. The van der Waals surface area contributed by atoms with Crippen molar-refractivity contribution in [2.75, 3.05) is 5.32 Å². The van der Waals surface area contributed by atoms with Crippen LogP contribution < -0.4 is 16.6 Å². The Morgan fingerprint density at radius 1 is 1.47 bits per heavy atom. The number of carbonyl (C=O) groups excluding carboxylic acids is 1. The lowest BCUT2D eigenvalue weighted by atomic mass is 10.1. The van der Waals surface area contributed by atoms with Gasteiger partial charge in [0.1, 0.15) is 0 Å². The molecule has 17 heavy (non-hydrogen) atoms. The molecule has 3 N–H and O–H groups in total. The summed E-state index contributed by atoms with van der Waals surface area (Å²) in [6.07, 6.45) is 3.14. The van der Waals surface area contributed by atoms with E-state index in [-0.39, 0.29) is 11.5 Å². The van der Waals surface area contributed by atoms with E-state index in [2.05, 4.69) is 5.32 Å². The fourth-order valence-electron chi connectivity index (χ4n) is 1.53. The van der Waals surface area contributed by atoms with Gasteiger partial charge in [-0.2, -0.15) is 0 Å². The maximum absolute atomic E-state index is 11.7. The molecule has 0 unspecified atom stereocenters. The van der Waals surface area contributed by atoms with Crippen molar-refractivity contribution in [1.82, 2.24) is 4.57 Å². The maximum Gasteiger partial charge on any atom is 0.250 e. The van der Waals surface area contributed by atoms with Crippen molar-refractivity contribution in [3.8, 4) is 0 Å². The van der Waals surface area contributed by atoms with E-state index in [0.717, 1.165) is 6.42 Å². The van der Waals surface area contributed by atoms with Gasteiger partial charge in [0.15, 0.2) is 0 Å². The number of aromatic nitrogens is 1. The van der Waals surface area contributed by atoms with Crippen molar-refractivity contribution in [2.45, 2.75) is 39.3 Å². The SMILES string of the molecule is CCC[C@H](N)C(=O)Nc1ccc(=O)n(CC)c1. The lowest BCUT2D eigenvalue weighted by Crippen LogP contribution is -2.35. The summed E-state index contributed by atoms with van der Waals surface area (Å²) in [6.45, 7) is 4.42. The smallest absolute Gasteiger partial charge is 0.250 e. The molecule has 1 rings (SSSR count). The number of nitrogens with two attached hydrogens (primary N) is 1. The number of hydrogen-bond donors (Lipinski definition) is 2. The molecule has 1 aromatic heterocycles. The number of amides is 1. The minimum absolute atomic E-state index is 0.0802. The summed E-state index contributed by atoms with van der Waals surface area (Å²) in [6, 6.07) is 2.53. The molecule has 1 aromatic rings. The Labute approximate surface area is 101 Å². The van der Waals surface area contributed by atoms with Gasteiger partial charge in [-0.3, -0.25) is 9.59 Å². The molecule has 1 heterocycles. The minimum Gasteiger partial charge on any atom is -0.323 e. The lowest BCUT2D eigenvalue weighted by Gasteiger charge is -2.12. The zero-order chi connectivity index (χ0) is 12.8. The van der Waals surface area contributed by atoms with Crippen LogP contribution in [0.1, 0.15) is 26.7 Å². The van der Waals surface area contributed by atoms with Gasteiger partial charge in [0, 0.05) is 18.8 Å². The average molecular weight is 237 g/mol. The van der Waals surface area contributed by atoms with Crippen LogP contribution in [0.15, 0.2) is 23.1 Å². The lowest BCUT2D eigenvalue weighted by molar-refractivity contribution is -0.117. The first-order chi connectivity index (χ1) is 8.08. The van der Waals surface area contributed by atoms with Crippen LogP contribution in [0.25, 0.3) is 0 Å². The monoisotopic (exact) mass is 237 g/mol. The molecule has 0 bridgehead atoms. The third-order valence-electron chi connectivity index (χ3n) is 2.53. The van der Waals surface area contributed by atoms with E-state index < -0.39 is 6.04 Å². The number of pyridine rings is 1. The first kappa shape index (κ1) is 13.4. The molecule has 0 aliphatic heterocycles. The Bertz CT molecular complexity index is 440. The Morgan fingerprint density at radius 3 is 2.76 bits per heavy atom. The number of anilines is 1. The summed E-state index contributed by atoms with van der Waals surface area (Å²) in [4.78, 5) is 23.0. The van der Waals surface area contributed by atoms with Crippen LogP contribution in [-0.4, -0.2) is 16.5 Å². The highest BCUT2D eigenvalue weighted by molar-refractivity contribution is 5.94. The van der Waals surface area contributed by atoms with Gasteiger partial charge in [-0.25, -0.2) is 0 Å². The topological polar surface area (TPSA) is 77.1 Å². The Balaban J connectivity index is 2.75. The third kappa shape index (κ3) is 3.71. The Kier molecular flexibility index (Phi) is 4.90. The van der Waals surface area contributed by atoms with E-state index in [0.29, 0.717) is 18.7 Å². The summed E-state index contributed by atoms with van der Waals surface area (Å²) in [5.74, 6) is -0.215. The molecule has 0 aliphatic rings. The first-order valence-corrected chi connectivity index (χ1v) is 5.85. The van der Waals surface area contributed by atoms with Gasteiger partial charge in [-0.15, -0.1) is 0 Å². The maximum atomic E-state index is 11.7. The number of rotatable bonds is 5. The van der Waals surface area contributed by atoms with Crippen molar-refractivity contribution < 1.29 is 4.79 Å². The van der Waals surface area contributed by atoms with Crippen molar-refractivity contribution in [2.24, 2.45) is 5.73 Å². The van der Waals surface area contributed by atoms with Gasteiger partial charge in [0.25, 0.3) is 5.56 Å². The van der Waals surface area contributed by atoms with Crippen LogP contribution in [0.3, 0.4) is 0 Å². The highest BCUT2D eigenvalue weighted by atomic mass is 16.2. The number of hydrogen-bond acceptors (Lipinski definition) is 3. The third-order valence-corrected chi connectivity index (χ3v) is 2.53. The van der Waals surface area contributed by atoms with Crippen LogP contribution in [0.4, 0.5) is 5.69 Å². The van der Waals surface area contributed by atoms with E-state index in [4.69, 9.17) is 5.73 Å². The summed E-state index contributed by atoms with van der Waals surface area (Å²) in [7, 11) is 0. The zero-order valence-electron chi connectivity index (χ0n) is 10.3. The van der Waals surface area contributed by atoms with E-state index in [1.807, 2.05) is 13.8 Å². The second-order valence-electron chi connectivity index (χ2n) is 3.93. The number of nitrogens with one attached hydrogen (secondary N) is 1. The van der Waals surface area contributed by atoms with Crippen LogP contribution in [-0.2, 0) is 11.3 Å². The Hall–Kier alpha value is -1.62. The zero-order valence-corrected chi connectivity index (χ0v) is 10.3. The van der Waals surface area contributed by atoms with Crippen LogP contribution in [0.2, 0.25) is 0 Å². The molecule has 5 heteroatoms. The summed E-state index contributed by atoms with van der Waals surface area (Å²) < 4.78 is 1.53. The van der Waals surface area contributed by atoms with Crippen molar-refractivity contribution >= 4 is 11.6 Å². The van der Waals surface area contributed by atoms with Crippen molar-refractivity contribution in [3.05, 3.63) is 28.7 Å². The van der Waals surface area contributed by atoms with Crippen LogP contribution in [0, 0.1) is 0 Å². The number of carbonyl (C=O) groups is 1. The molecule has 1 amide bonds. The molecule has 5 nitrogen and oxygen atoms in total. The molecule has 0 fully saturated rings. The van der Waals surface area contributed by atoms with E-state index in [1.165, 1.54) is 10.6 Å². The van der Waals surface area contributed by atoms with Gasteiger partial charge in [0.2, 0.25) is 5.91 Å². The number of nitrogens with zero attached hydrogens (tertiary/aromatic N) is 1. The van der Waals surface area contributed by atoms with Gasteiger partial charge < -0.3 is 15.6 Å². The van der Waals surface area contributed by atoms with Gasteiger partial charge >= 0.3 is 0 Å². The second-order valence-corrected chi connectivity index (χ2v) is 3.93.